The van der Waals surface area contributed by atoms with Gasteiger partial charge in [-0.25, -0.2) is 4.79 Å². The second kappa shape index (κ2) is 5.88. The summed E-state index contributed by atoms with van der Waals surface area (Å²) >= 11 is 0. The van der Waals surface area contributed by atoms with Crippen LogP contribution in [0.1, 0.15) is 23.0 Å². The standard InChI is InChI=1S/C15H13NO4/c1-10(12-8-5-9-20-12)13(15(18)19)16-14(17)11-6-3-2-4-7-11/h2-9H,1H3,(H,16,17)(H,18,19). The average Bonchev–Trinajstić information content (AvgIpc) is 2.98. The summed E-state index contributed by atoms with van der Waals surface area (Å²) in [5.74, 6) is -1.30. The Hall–Kier alpha value is -2.82. The number of carbonyl (C=O) groups excluding carboxylic acids is 1. The highest BCUT2D eigenvalue weighted by molar-refractivity contribution is 6.04. The van der Waals surface area contributed by atoms with E-state index in [9.17, 15) is 14.7 Å². The van der Waals surface area contributed by atoms with Gasteiger partial charge in [0.05, 0.1) is 6.26 Å². The minimum atomic E-state index is -1.22. The number of amides is 1. The summed E-state index contributed by atoms with van der Waals surface area (Å²) < 4.78 is 5.14. The Morgan fingerprint density at radius 1 is 1.10 bits per heavy atom. The van der Waals surface area contributed by atoms with Crippen LogP contribution in [-0.4, -0.2) is 17.0 Å². The fraction of sp³-hybridized carbons (Fsp3) is 0.0667. The van der Waals surface area contributed by atoms with Gasteiger partial charge in [0.1, 0.15) is 11.5 Å². The second-order valence-electron chi connectivity index (χ2n) is 4.10. The number of allylic oxidation sites excluding steroid dienone is 1. The smallest absolute Gasteiger partial charge is 0.352 e. The number of carboxylic acid groups (broad SMARTS) is 1. The normalized spacial score (nSPS) is 11.7. The van der Waals surface area contributed by atoms with Crippen LogP contribution in [0.4, 0.5) is 0 Å². The summed E-state index contributed by atoms with van der Waals surface area (Å²) in [6.45, 7) is 1.58. The molecule has 2 aromatic rings. The van der Waals surface area contributed by atoms with Crippen LogP contribution in [0.2, 0.25) is 0 Å². The van der Waals surface area contributed by atoms with E-state index in [1.165, 1.54) is 6.26 Å². The van der Waals surface area contributed by atoms with Gasteiger partial charge < -0.3 is 14.8 Å². The quantitative estimate of drug-likeness (QED) is 0.837. The number of nitrogens with one attached hydrogen (secondary N) is 1. The van der Waals surface area contributed by atoms with E-state index in [2.05, 4.69) is 5.32 Å². The van der Waals surface area contributed by atoms with Crippen molar-refractivity contribution in [3.63, 3.8) is 0 Å². The largest absolute Gasteiger partial charge is 0.477 e. The van der Waals surface area contributed by atoms with Crippen molar-refractivity contribution in [1.29, 1.82) is 0 Å². The van der Waals surface area contributed by atoms with Gasteiger partial charge in [0.15, 0.2) is 0 Å². The first kappa shape index (κ1) is 13.6. The van der Waals surface area contributed by atoms with E-state index in [1.807, 2.05) is 0 Å². The molecule has 0 bridgehead atoms. The maximum Gasteiger partial charge on any atom is 0.352 e. The summed E-state index contributed by atoms with van der Waals surface area (Å²) in [4.78, 5) is 23.3. The second-order valence-corrected chi connectivity index (χ2v) is 4.10. The molecule has 0 aliphatic heterocycles. The number of hydrogen-bond acceptors (Lipinski definition) is 3. The first-order valence-corrected chi connectivity index (χ1v) is 5.94. The summed E-state index contributed by atoms with van der Waals surface area (Å²) in [7, 11) is 0. The van der Waals surface area contributed by atoms with Crippen LogP contribution >= 0.6 is 0 Å². The van der Waals surface area contributed by atoms with Crippen molar-refractivity contribution in [2.24, 2.45) is 0 Å². The maximum absolute atomic E-state index is 12.0. The third kappa shape index (κ3) is 2.95. The van der Waals surface area contributed by atoms with Crippen LogP contribution in [0.3, 0.4) is 0 Å². The lowest BCUT2D eigenvalue weighted by molar-refractivity contribution is -0.132. The van der Waals surface area contributed by atoms with E-state index in [0.717, 1.165) is 0 Å². The number of aliphatic carboxylic acids is 1. The molecule has 0 spiro atoms. The molecule has 1 amide bonds. The van der Waals surface area contributed by atoms with Crippen molar-refractivity contribution in [1.82, 2.24) is 5.32 Å². The lowest BCUT2D eigenvalue weighted by Crippen LogP contribution is -2.28. The van der Waals surface area contributed by atoms with E-state index in [1.54, 1.807) is 49.4 Å². The summed E-state index contributed by atoms with van der Waals surface area (Å²) in [6, 6.07) is 11.7. The van der Waals surface area contributed by atoms with Crippen LogP contribution in [0, 0.1) is 0 Å². The molecule has 0 aliphatic rings. The van der Waals surface area contributed by atoms with E-state index in [-0.39, 0.29) is 5.70 Å². The number of carbonyl (C=O) groups is 2. The predicted octanol–water partition coefficient (Wildman–Crippen LogP) is 2.53. The number of benzene rings is 1. The van der Waals surface area contributed by atoms with Gasteiger partial charge in [-0.05, 0) is 31.2 Å². The summed E-state index contributed by atoms with van der Waals surface area (Å²) in [5.41, 5.74) is 0.541. The summed E-state index contributed by atoms with van der Waals surface area (Å²) in [5, 5.41) is 11.6. The third-order valence-electron chi connectivity index (χ3n) is 2.75. The SMILES string of the molecule is CC(=C(NC(=O)c1ccccc1)C(=O)O)c1ccco1. The Morgan fingerprint density at radius 2 is 1.80 bits per heavy atom. The predicted molar refractivity (Wildman–Crippen MR) is 72.8 cm³/mol. The van der Waals surface area contributed by atoms with E-state index in [0.29, 0.717) is 16.9 Å². The van der Waals surface area contributed by atoms with E-state index < -0.39 is 11.9 Å². The fourth-order valence-electron chi connectivity index (χ4n) is 1.70. The van der Waals surface area contributed by atoms with Crippen LogP contribution in [-0.2, 0) is 4.79 Å². The number of hydrogen-bond donors (Lipinski definition) is 2. The molecule has 2 N–H and O–H groups in total. The maximum atomic E-state index is 12.0. The zero-order valence-corrected chi connectivity index (χ0v) is 10.8. The zero-order chi connectivity index (χ0) is 14.5. The lowest BCUT2D eigenvalue weighted by atomic mass is 10.1. The molecule has 0 fully saturated rings. The highest BCUT2D eigenvalue weighted by Gasteiger charge is 2.18. The fourth-order valence-corrected chi connectivity index (χ4v) is 1.70. The number of carboxylic acids is 1. The number of rotatable bonds is 4. The van der Waals surface area contributed by atoms with Gasteiger partial charge in [-0.2, -0.15) is 0 Å². The van der Waals surface area contributed by atoms with Crippen LogP contribution in [0.15, 0.2) is 58.8 Å². The molecule has 0 atom stereocenters. The Kier molecular flexibility index (Phi) is 4.00. The van der Waals surface area contributed by atoms with Crippen LogP contribution in [0.25, 0.3) is 5.57 Å². The van der Waals surface area contributed by atoms with Crippen LogP contribution in [0.5, 0.6) is 0 Å². The molecular weight excluding hydrogens is 258 g/mol. The molecule has 0 aliphatic carbocycles. The van der Waals surface area contributed by atoms with Gasteiger partial charge in [0.2, 0.25) is 0 Å². The average molecular weight is 271 g/mol. The van der Waals surface area contributed by atoms with Crippen molar-refractivity contribution in [3.05, 3.63) is 65.7 Å². The van der Waals surface area contributed by atoms with Gasteiger partial charge in [0, 0.05) is 11.1 Å². The molecule has 20 heavy (non-hydrogen) atoms. The van der Waals surface area contributed by atoms with Crippen molar-refractivity contribution in [2.75, 3.05) is 0 Å². The Bertz CT molecular complexity index is 642. The minimum Gasteiger partial charge on any atom is -0.477 e. The van der Waals surface area contributed by atoms with Gasteiger partial charge in [-0.3, -0.25) is 4.79 Å². The monoisotopic (exact) mass is 271 g/mol. The van der Waals surface area contributed by atoms with Crippen molar-refractivity contribution in [2.45, 2.75) is 6.92 Å². The van der Waals surface area contributed by atoms with Gasteiger partial charge in [-0.15, -0.1) is 0 Å². The molecule has 1 aromatic heterocycles. The Morgan fingerprint density at radius 3 is 2.35 bits per heavy atom. The molecule has 0 unspecified atom stereocenters. The molecule has 5 heteroatoms. The Balaban J connectivity index is 2.30. The van der Waals surface area contributed by atoms with Crippen molar-refractivity contribution >= 4 is 17.4 Å². The zero-order valence-electron chi connectivity index (χ0n) is 10.8. The third-order valence-corrected chi connectivity index (χ3v) is 2.75. The van der Waals surface area contributed by atoms with Crippen molar-refractivity contribution < 1.29 is 19.1 Å². The van der Waals surface area contributed by atoms with Crippen molar-refractivity contribution in [3.8, 4) is 0 Å². The molecule has 5 nitrogen and oxygen atoms in total. The van der Waals surface area contributed by atoms with E-state index in [4.69, 9.17) is 4.42 Å². The molecule has 102 valence electrons. The van der Waals surface area contributed by atoms with E-state index >= 15 is 0 Å². The molecule has 1 aromatic carbocycles. The lowest BCUT2D eigenvalue weighted by Gasteiger charge is -2.08. The highest BCUT2D eigenvalue weighted by Crippen LogP contribution is 2.17. The summed E-state index contributed by atoms with van der Waals surface area (Å²) in [6.07, 6.45) is 1.44. The van der Waals surface area contributed by atoms with Gasteiger partial charge >= 0.3 is 5.97 Å². The van der Waals surface area contributed by atoms with Crippen LogP contribution < -0.4 is 5.32 Å². The Labute approximate surface area is 115 Å². The topological polar surface area (TPSA) is 79.5 Å². The molecule has 2 rings (SSSR count). The molecule has 0 radical (unpaired) electrons. The first-order chi connectivity index (χ1) is 9.59. The molecular formula is C15H13NO4. The first-order valence-electron chi connectivity index (χ1n) is 5.94. The molecule has 0 saturated heterocycles. The van der Waals surface area contributed by atoms with Gasteiger partial charge in [-0.1, -0.05) is 18.2 Å². The number of furan rings is 1. The minimum absolute atomic E-state index is 0.200. The van der Waals surface area contributed by atoms with Gasteiger partial charge in [0.25, 0.3) is 5.91 Å². The highest BCUT2D eigenvalue weighted by atomic mass is 16.4. The molecule has 0 saturated carbocycles. The molecule has 1 heterocycles.